The van der Waals surface area contributed by atoms with Crippen molar-refractivity contribution in [3.63, 3.8) is 0 Å². The van der Waals surface area contributed by atoms with Crippen LogP contribution in [0.4, 0.5) is 5.69 Å². The van der Waals surface area contributed by atoms with Crippen LogP contribution in [0.15, 0.2) is 18.2 Å². The monoisotopic (exact) mass is 268 g/mol. The molecule has 1 aliphatic rings. The molecule has 0 bridgehead atoms. The summed E-state index contributed by atoms with van der Waals surface area (Å²) in [5, 5.41) is 13.1. The number of hydrogen-bond donors (Lipinski definition) is 3. The number of rotatable bonds is 3. The summed E-state index contributed by atoms with van der Waals surface area (Å²) >= 11 is 5.97. The lowest BCUT2D eigenvalue weighted by atomic mass is 10.0. The molecule has 5 heteroatoms. The summed E-state index contributed by atoms with van der Waals surface area (Å²) in [5.74, 6) is -0.298. The van der Waals surface area contributed by atoms with Crippen LogP contribution in [0.2, 0.25) is 5.02 Å². The van der Waals surface area contributed by atoms with Gasteiger partial charge in [-0.25, -0.2) is 0 Å². The van der Waals surface area contributed by atoms with E-state index in [2.05, 4.69) is 5.32 Å². The first kappa shape index (κ1) is 13.2. The number of amides is 1. The van der Waals surface area contributed by atoms with Crippen molar-refractivity contribution in [3.05, 3.63) is 28.8 Å². The Labute approximate surface area is 111 Å². The molecule has 1 amide bonds. The van der Waals surface area contributed by atoms with Crippen LogP contribution in [-0.4, -0.2) is 23.2 Å². The topological polar surface area (TPSA) is 75.4 Å². The normalized spacial score (nSPS) is 17.7. The number of carbonyl (C=O) groups excluding carboxylic acids is 1. The van der Waals surface area contributed by atoms with Crippen molar-refractivity contribution in [1.29, 1.82) is 0 Å². The summed E-state index contributed by atoms with van der Waals surface area (Å²) < 4.78 is 0. The van der Waals surface area contributed by atoms with Crippen molar-refractivity contribution >= 4 is 23.2 Å². The van der Waals surface area contributed by atoms with Crippen molar-refractivity contribution in [1.82, 2.24) is 5.32 Å². The Morgan fingerprint density at radius 1 is 1.44 bits per heavy atom. The molecule has 0 aliphatic heterocycles. The minimum atomic E-state index is -0.761. The molecule has 0 atom stereocenters. The molecule has 2 rings (SSSR count). The van der Waals surface area contributed by atoms with E-state index < -0.39 is 5.60 Å². The third-order valence-electron chi connectivity index (χ3n) is 3.39. The highest BCUT2D eigenvalue weighted by Crippen LogP contribution is 2.29. The molecule has 0 spiro atoms. The average Bonchev–Trinajstić information content (AvgIpc) is 2.77. The van der Waals surface area contributed by atoms with Crippen LogP contribution in [0.5, 0.6) is 0 Å². The number of benzene rings is 1. The van der Waals surface area contributed by atoms with E-state index in [1.54, 1.807) is 18.2 Å². The minimum absolute atomic E-state index is 0.258. The standard InChI is InChI=1S/C13H17ClN2O2/c14-11-9(4-3-5-10(11)15)12(17)16-8-13(18)6-1-2-7-13/h3-5,18H,1-2,6-8,15H2,(H,16,17). The summed E-state index contributed by atoms with van der Waals surface area (Å²) in [6, 6.07) is 4.94. The Morgan fingerprint density at radius 2 is 2.11 bits per heavy atom. The van der Waals surface area contributed by atoms with Gasteiger partial charge in [-0.05, 0) is 25.0 Å². The minimum Gasteiger partial charge on any atom is -0.398 e. The second-order valence-electron chi connectivity index (χ2n) is 4.82. The van der Waals surface area contributed by atoms with E-state index in [0.29, 0.717) is 11.3 Å². The zero-order chi connectivity index (χ0) is 13.2. The molecule has 0 unspecified atom stereocenters. The number of nitrogen functional groups attached to an aromatic ring is 1. The molecule has 1 aliphatic carbocycles. The first-order valence-corrected chi connectivity index (χ1v) is 6.44. The lowest BCUT2D eigenvalue weighted by molar-refractivity contribution is 0.0450. The predicted octanol–water partition coefficient (Wildman–Crippen LogP) is 1.96. The van der Waals surface area contributed by atoms with E-state index in [0.717, 1.165) is 25.7 Å². The molecular formula is C13H17ClN2O2. The first-order chi connectivity index (χ1) is 8.52. The molecule has 4 nitrogen and oxygen atoms in total. The van der Waals surface area contributed by atoms with Crippen molar-refractivity contribution in [3.8, 4) is 0 Å². The van der Waals surface area contributed by atoms with Gasteiger partial charge in [0.1, 0.15) is 0 Å². The Hall–Kier alpha value is -1.26. The maximum atomic E-state index is 12.0. The Morgan fingerprint density at radius 3 is 2.78 bits per heavy atom. The summed E-state index contributed by atoms with van der Waals surface area (Å²) in [6.07, 6.45) is 3.48. The third kappa shape index (κ3) is 2.76. The van der Waals surface area contributed by atoms with Crippen molar-refractivity contribution < 1.29 is 9.90 Å². The van der Waals surface area contributed by atoms with E-state index >= 15 is 0 Å². The fourth-order valence-electron chi connectivity index (χ4n) is 2.28. The molecule has 1 saturated carbocycles. The Bertz CT molecular complexity index is 456. The van der Waals surface area contributed by atoms with Gasteiger partial charge in [-0.3, -0.25) is 4.79 Å². The third-order valence-corrected chi connectivity index (χ3v) is 3.81. The van der Waals surface area contributed by atoms with Gasteiger partial charge in [0.15, 0.2) is 0 Å². The molecular weight excluding hydrogens is 252 g/mol. The van der Waals surface area contributed by atoms with E-state index in [1.807, 2.05) is 0 Å². The van der Waals surface area contributed by atoms with Crippen LogP contribution in [0.25, 0.3) is 0 Å². The Kier molecular flexibility index (Phi) is 3.78. The molecule has 1 fully saturated rings. The number of anilines is 1. The van der Waals surface area contributed by atoms with Gasteiger partial charge in [0.2, 0.25) is 0 Å². The van der Waals surface area contributed by atoms with Crippen LogP contribution < -0.4 is 11.1 Å². The van der Waals surface area contributed by atoms with Gasteiger partial charge >= 0.3 is 0 Å². The van der Waals surface area contributed by atoms with Crippen LogP contribution in [0, 0.1) is 0 Å². The number of carbonyl (C=O) groups is 1. The molecule has 0 heterocycles. The molecule has 0 aromatic heterocycles. The van der Waals surface area contributed by atoms with Crippen LogP contribution >= 0.6 is 11.6 Å². The molecule has 1 aromatic carbocycles. The van der Waals surface area contributed by atoms with Gasteiger partial charge < -0.3 is 16.2 Å². The number of nitrogens with one attached hydrogen (secondary N) is 1. The van der Waals surface area contributed by atoms with E-state index in [-0.39, 0.29) is 17.5 Å². The van der Waals surface area contributed by atoms with Crippen LogP contribution in [0.1, 0.15) is 36.0 Å². The van der Waals surface area contributed by atoms with Crippen molar-refractivity contribution in [2.45, 2.75) is 31.3 Å². The summed E-state index contributed by atoms with van der Waals surface area (Å²) in [4.78, 5) is 12.0. The number of halogens is 1. The lowest BCUT2D eigenvalue weighted by Gasteiger charge is -2.22. The second-order valence-corrected chi connectivity index (χ2v) is 5.20. The van der Waals surface area contributed by atoms with Gasteiger partial charge in [-0.1, -0.05) is 30.5 Å². The molecule has 98 valence electrons. The molecule has 18 heavy (non-hydrogen) atoms. The largest absolute Gasteiger partial charge is 0.398 e. The highest BCUT2D eigenvalue weighted by molar-refractivity contribution is 6.36. The Balaban J connectivity index is 2.01. The van der Waals surface area contributed by atoms with E-state index in [9.17, 15) is 9.90 Å². The fourth-order valence-corrected chi connectivity index (χ4v) is 2.49. The van der Waals surface area contributed by atoms with Crippen molar-refractivity contribution in [2.24, 2.45) is 0 Å². The number of aliphatic hydroxyl groups is 1. The molecule has 0 saturated heterocycles. The van der Waals surface area contributed by atoms with Crippen LogP contribution in [0.3, 0.4) is 0 Å². The van der Waals surface area contributed by atoms with Gasteiger partial charge in [0.25, 0.3) is 5.91 Å². The smallest absolute Gasteiger partial charge is 0.252 e. The summed E-state index contributed by atoms with van der Waals surface area (Å²) in [7, 11) is 0. The summed E-state index contributed by atoms with van der Waals surface area (Å²) in [6.45, 7) is 0.261. The van der Waals surface area contributed by atoms with E-state index in [1.165, 1.54) is 0 Å². The van der Waals surface area contributed by atoms with Gasteiger partial charge in [0.05, 0.1) is 21.9 Å². The molecule has 0 radical (unpaired) electrons. The molecule has 4 N–H and O–H groups in total. The van der Waals surface area contributed by atoms with E-state index in [4.69, 9.17) is 17.3 Å². The van der Waals surface area contributed by atoms with Crippen LogP contribution in [-0.2, 0) is 0 Å². The zero-order valence-corrected chi connectivity index (χ0v) is 10.8. The summed E-state index contributed by atoms with van der Waals surface area (Å²) in [5.41, 5.74) is 5.60. The number of hydrogen-bond acceptors (Lipinski definition) is 3. The predicted molar refractivity (Wildman–Crippen MR) is 71.6 cm³/mol. The maximum absolute atomic E-state index is 12.0. The van der Waals surface area contributed by atoms with Crippen molar-refractivity contribution in [2.75, 3.05) is 12.3 Å². The van der Waals surface area contributed by atoms with Gasteiger partial charge in [0, 0.05) is 6.54 Å². The first-order valence-electron chi connectivity index (χ1n) is 6.06. The van der Waals surface area contributed by atoms with Gasteiger partial charge in [-0.15, -0.1) is 0 Å². The lowest BCUT2D eigenvalue weighted by Crippen LogP contribution is -2.40. The maximum Gasteiger partial charge on any atom is 0.252 e. The highest BCUT2D eigenvalue weighted by atomic mass is 35.5. The second kappa shape index (κ2) is 5.16. The zero-order valence-electron chi connectivity index (χ0n) is 10.1. The number of nitrogens with two attached hydrogens (primary N) is 1. The highest BCUT2D eigenvalue weighted by Gasteiger charge is 2.31. The quantitative estimate of drug-likeness (QED) is 0.734. The SMILES string of the molecule is Nc1cccc(C(=O)NCC2(O)CCCC2)c1Cl. The molecule has 1 aromatic rings. The van der Waals surface area contributed by atoms with Gasteiger partial charge in [-0.2, -0.15) is 0 Å². The fraction of sp³-hybridized carbons (Fsp3) is 0.462. The average molecular weight is 269 g/mol.